The molecule has 0 aromatic rings. The Morgan fingerprint density at radius 1 is 1.23 bits per heavy atom. The third kappa shape index (κ3) is 7.78. The Kier molecular flexibility index (Phi) is 7.69. The van der Waals surface area contributed by atoms with Crippen molar-refractivity contribution >= 4 is 5.91 Å². The summed E-state index contributed by atoms with van der Waals surface area (Å²) < 4.78 is 0. The van der Waals surface area contributed by atoms with Crippen LogP contribution in [0, 0.1) is 5.92 Å². The van der Waals surface area contributed by atoms with Crippen LogP contribution in [-0.2, 0) is 4.79 Å². The summed E-state index contributed by atoms with van der Waals surface area (Å²) in [7, 11) is 0. The predicted molar refractivity (Wildman–Crippen MR) is 55.6 cm³/mol. The van der Waals surface area contributed by atoms with Crippen LogP contribution >= 0.6 is 0 Å². The van der Waals surface area contributed by atoms with Crippen molar-refractivity contribution in [3.8, 4) is 0 Å². The molecule has 0 saturated heterocycles. The first-order valence-electron chi connectivity index (χ1n) is 5.15. The van der Waals surface area contributed by atoms with Gasteiger partial charge in [0.05, 0.1) is 0 Å². The van der Waals surface area contributed by atoms with Gasteiger partial charge in [0.1, 0.15) is 0 Å². The summed E-state index contributed by atoms with van der Waals surface area (Å²) >= 11 is 0. The summed E-state index contributed by atoms with van der Waals surface area (Å²) in [5, 5.41) is 6.08. The van der Waals surface area contributed by atoms with Crippen LogP contribution in [0.4, 0.5) is 0 Å². The third-order valence-corrected chi connectivity index (χ3v) is 2.26. The molecule has 1 amide bonds. The van der Waals surface area contributed by atoms with Gasteiger partial charge in [-0.3, -0.25) is 4.79 Å². The molecular formula is C10H22N2O. The number of carbonyl (C=O) groups excluding carboxylic acids is 1. The molecule has 0 aliphatic heterocycles. The highest BCUT2D eigenvalue weighted by Crippen LogP contribution is 2.04. The number of carbonyl (C=O) groups is 1. The number of hydrogen-bond donors (Lipinski definition) is 2. The first-order valence-corrected chi connectivity index (χ1v) is 5.15. The summed E-state index contributed by atoms with van der Waals surface area (Å²) in [5.41, 5.74) is 0. The van der Waals surface area contributed by atoms with Crippen LogP contribution in [0.25, 0.3) is 0 Å². The standard InChI is InChI=1S/C10H22N2O/c1-4-10(5-2)8-11-6-7-12-9(3)13/h10-11H,4-8H2,1-3H3,(H,12,13). The van der Waals surface area contributed by atoms with Crippen molar-refractivity contribution in [3.05, 3.63) is 0 Å². The average molecular weight is 186 g/mol. The van der Waals surface area contributed by atoms with E-state index in [4.69, 9.17) is 0 Å². The molecule has 3 heteroatoms. The van der Waals surface area contributed by atoms with Gasteiger partial charge in [-0.2, -0.15) is 0 Å². The van der Waals surface area contributed by atoms with Crippen LogP contribution in [0.15, 0.2) is 0 Å². The molecule has 3 nitrogen and oxygen atoms in total. The number of amides is 1. The largest absolute Gasteiger partial charge is 0.355 e. The molecule has 13 heavy (non-hydrogen) atoms. The predicted octanol–water partition coefficient (Wildman–Crippen LogP) is 1.15. The fraction of sp³-hybridized carbons (Fsp3) is 0.900. The molecule has 0 atom stereocenters. The van der Waals surface area contributed by atoms with Crippen molar-refractivity contribution in [1.29, 1.82) is 0 Å². The zero-order valence-corrected chi connectivity index (χ0v) is 9.02. The van der Waals surface area contributed by atoms with Crippen molar-refractivity contribution < 1.29 is 4.79 Å². The topological polar surface area (TPSA) is 41.1 Å². The van der Waals surface area contributed by atoms with Gasteiger partial charge in [0.25, 0.3) is 0 Å². The Morgan fingerprint density at radius 2 is 1.85 bits per heavy atom. The van der Waals surface area contributed by atoms with Gasteiger partial charge in [0, 0.05) is 20.0 Å². The summed E-state index contributed by atoms with van der Waals surface area (Å²) in [6.45, 7) is 8.63. The van der Waals surface area contributed by atoms with E-state index in [0.717, 1.165) is 25.6 Å². The van der Waals surface area contributed by atoms with Crippen LogP contribution in [0.2, 0.25) is 0 Å². The maximum Gasteiger partial charge on any atom is 0.216 e. The highest BCUT2D eigenvalue weighted by atomic mass is 16.1. The molecule has 0 unspecified atom stereocenters. The molecular weight excluding hydrogens is 164 g/mol. The van der Waals surface area contributed by atoms with Crippen molar-refractivity contribution in [2.75, 3.05) is 19.6 Å². The summed E-state index contributed by atoms with van der Waals surface area (Å²) in [5.74, 6) is 0.821. The quantitative estimate of drug-likeness (QED) is 0.586. The highest BCUT2D eigenvalue weighted by Gasteiger charge is 2.01. The molecule has 0 aliphatic carbocycles. The third-order valence-electron chi connectivity index (χ3n) is 2.26. The van der Waals surface area contributed by atoms with Crippen molar-refractivity contribution in [3.63, 3.8) is 0 Å². The van der Waals surface area contributed by atoms with E-state index in [0.29, 0.717) is 0 Å². The smallest absolute Gasteiger partial charge is 0.216 e. The van der Waals surface area contributed by atoms with Gasteiger partial charge in [0.2, 0.25) is 5.91 Å². The SMILES string of the molecule is CCC(CC)CNCCNC(C)=O. The lowest BCUT2D eigenvalue weighted by Gasteiger charge is -2.12. The van der Waals surface area contributed by atoms with Crippen molar-refractivity contribution in [2.24, 2.45) is 5.92 Å². The average Bonchev–Trinajstić information content (AvgIpc) is 2.11. The first kappa shape index (κ1) is 12.4. The van der Waals surface area contributed by atoms with Gasteiger partial charge in [-0.25, -0.2) is 0 Å². The Hall–Kier alpha value is -0.570. The van der Waals surface area contributed by atoms with Crippen LogP contribution in [0.5, 0.6) is 0 Å². The lowest BCUT2D eigenvalue weighted by atomic mass is 10.0. The molecule has 0 aromatic heterocycles. The molecule has 2 N–H and O–H groups in total. The Balaban J connectivity index is 3.19. The monoisotopic (exact) mass is 186 g/mol. The second-order valence-corrected chi connectivity index (χ2v) is 3.37. The molecule has 0 rings (SSSR count). The Bertz CT molecular complexity index is 133. The zero-order chi connectivity index (χ0) is 10.1. The zero-order valence-electron chi connectivity index (χ0n) is 9.02. The van der Waals surface area contributed by atoms with E-state index in [1.165, 1.54) is 12.8 Å². The Labute approximate surface area is 81.3 Å². The minimum absolute atomic E-state index is 0.0457. The van der Waals surface area contributed by atoms with Crippen LogP contribution in [-0.4, -0.2) is 25.5 Å². The maximum atomic E-state index is 10.5. The van der Waals surface area contributed by atoms with E-state index in [-0.39, 0.29) is 5.91 Å². The van der Waals surface area contributed by atoms with Crippen LogP contribution in [0.3, 0.4) is 0 Å². The van der Waals surface area contributed by atoms with Crippen molar-refractivity contribution in [1.82, 2.24) is 10.6 Å². The van der Waals surface area contributed by atoms with E-state index in [1.807, 2.05) is 0 Å². The van der Waals surface area contributed by atoms with Gasteiger partial charge in [-0.1, -0.05) is 26.7 Å². The molecule has 0 fully saturated rings. The molecule has 0 spiro atoms. The van der Waals surface area contributed by atoms with E-state index in [1.54, 1.807) is 6.92 Å². The molecule has 78 valence electrons. The van der Waals surface area contributed by atoms with Crippen molar-refractivity contribution in [2.45, 2.75) is 33.6 Å². The van der Waals surface area contributed by atoms with Crippen LogP contribution < -0.4 is 10.6 Å². The first-order chi connectivity index (χ1) is 6.20. The number of nitrogens with one attached hydrogen (secondary N) is 2. The number of rotatable bonds is 7. The highest BCUT2D eigenvalue weighted by molar-refractivity contribution is 5.72. The molecule has 0 radical (unpaired) electrons. The second-order valence-electron chi connectivity index (χ2n) is 3.37. The minimum atomic E-state index is 0.0457. The molecule has 0 heterocycles. The molecule has 0 aromatic carbocycles. The molecule has 0 bridgehead atoms. The van der Waals surface area contributed by atoms with Gasteiger partial charge < -0.3 is 10.6 Å². The van der Waals surface area contributed by atoms with Crippen LogP contribution in [0.1, 0.15) is 33.6 Å². The Morgan fingerprint density at radius 3 is 2.31 bits per heavy atom. The maximum absolute atomic E-state index is 10.5. The fourth-order valence-electron chi connectivity index (χ4n) is 1.21. The minimum Gasteiger partial charge on any atom is -0.355 e. The van der Waals surface area contributed by atoms with E-state index in [2.05, 4.69) is 24.5 Å². The van der Waals surface area contributed by atoms with E-state index < -0.39 is 0 Å². The molecule has 0 saturated carbocycles. The van der Waals surface area contributed by atoms with Gasteiger partial charge >= 0.3 is 0 Å². The van der Waals surface area contributed by atoms with Gasteiger partial charge in [-0.05, 0) is 12.5 Å². The fourth-order valence-corrected chi connectivity index (χ4v) is 1.21. The number of hydrogen-bond acceptors (Lipinski definition) is 2. The summed E-state index contributed by atoms with van der Waals surface area (Å²) in [4.78, 5) is 10.5. The van der Waals surface area contributed by atoms with Gasteiger partial charge in [-0.15, -0.1) is 0 Å². The lowest BCUT2D eigenvalue weighted by Crippen LogP contribution is -2.32. The van der Waals surface area contributed by atoms with E-state index in [9.17, 15) is 4.79 Å². The lowest BCUT2D eigenvalue weighted by molar-refractivity contribution is -0.118. The van der Waals surface area contributed by atoms with Gasteiger partial charge in [0.15, 0.2) is 0 Å². The molecule has 0 aliphatic rings. The second kappa shape index (κ2) is 8.05. The van der Waals surface area contributed by atoms with E-state index >= 15 is 0 Å². The normalized spacial score (nSPS) is 10.5. The summed E-state index contributed by atoms with van der Waals surface area (Å²) in [6.07, 6.45) is 2.45. The summed E-state index contributed by atoms with van der Waals surface area (Å²) in [6, 6.07) is 0.